The summed E-state index contributed by atoms with van der Waals surface area (Å²) in [6.07, 6.45) is 1.19. The standard InChI is InChI=1S/C12H13IN2O2/c13-9-3-1-8(2-4-9)12(17)15-10-5-6-11(16)14-7-10/h1-4,10H,5-7H2,(H,14,16)(H,15,17). The van der Waals surface area contributed by atoms with Gasteiger partial charge in [-0.05, 0) is 53.3 Å². The van der Waals surface area contributed by atoms with Crippen LogP contribution < -0.4 is 10.6 Å². The Hall–Kier alpha value is -1.11. The number of carbonyl (C=O) groups is 2. The van der Waals surface area contributed by atoms with Crippen molar-refractivity contribution in [2.45, 2.75) is 18.9 Å². The molecule has 1 unspecified atom stereocenters. The summed E-state index contributed by atoms with van der Waals surface area (Å²) in [5.41, 5.74) is 0.655. The number of amides is 2. The van der Waals surface area contributed by atoms with Crippen molar-refractivity contribution in [2.24, 2.45) is 0 Å². The molecule has 5 heteroatoms. The summed E-state index contributed by atoms with van der Waals surface area (Å²) < 4.78 is 1.10. The highest BCUT2D eigenvalue weighted by atomic mass is 127. The lowest BCUT2D eigenvalue weighted by Crippen LogP contribution is -2.47. The fourth-order valence-corrected chi connectivity index (χ4v) is 2.09. The van der Waals surface area contributed by atoms with Crippen molar-refractivity contribution in [1.29, 1.82) is 0 Å². The summed E-state index contributed by atoms with van der Waals surface area (Å²) in [6.45, 7) is 0.523. The number of hydrogen-bond acceptors (Lipinski definition) is 2. The van der Waals surface area contributed by atoms with Crippen LogP contribution in [0.25, 0.3) is 0 Å². The van der Waals surface area contributed by atoms with Crippen LogP contribution in [-0.2, 0) is 4.79 Å². The minimum atomic E-state index is -0.0810. The molecule has 2 N–H and O–H groups in total. The van der Waals surface area contributed by atoms with E-state index in [2.05, 4.69) is 33.2 Å². The number of nitrogens with one attached hydrogen (secondary N) is 2. The van der Waals surface area contributed by atoms with Crippen molar-refractivity contribution in [1.82, 2.24) is 10.6 Å². The molecule has 1 atom stereocenters. The second-order valence-corrected chi connectivity index (χ2v) is 5.27. The van der Waals surface area contributed by atoms with E-state index >= 15 is 0 Å². The average molecular weight is 344 g/mol. The molecule has 4 nitrogen and oxygen atoms in total. The van der Waals surface area contributed by atoms with E-state index in [9.17, 15) is 9.59 Å². The van der Waals surface area contributed by atoms with E-state index < -0.39 is 0 Å². The van der Waals surface area contributed by atoms with E-state index in [-0.39, 0.29) is 17.9 Å². The highest BCUT2D eigenvalue weighted by Gasteiger charge is 2.19. The number of halogens is 1. The molecule has 17 heavy (non-hydrogen) atoms. The Morgan fingerprint density at radius 2 is 2.06 bits per heavy atom. The van der Waals surface area contributed by atoms with Gasteiger partial charge < -0.3 is 10.6 Å². The van der Waals surface area contributed by atoms with Crippen molar-refractivity contribution in [3.63, 3.8) is 0 Å². The average Bonchev–Trinajstić information content (AvgIpc) is 2.33. The Morgan fingerprint density at radius 1 is 1.35 bits per heavy atom. The van der Waals surface area contributed by atoms with Crippen LogP contribution in [0.5, 0.6) is 0 Å². The van der Waals surface area contributed by atoms with Crippen LogP contribution in [0.2, 0.25) is 0 Å². The predicted octanol–water partition coefficient (Wildman–Crippen LogP) is 1.30. The zero-order chi connectivity index (χ0) is 12.3. The van der Waals surface area contributed by atoms with Crippen molar-refractivity contribution >= 4 is 34.4 Å². The molecule has 0 aliphatic carbocycles. The fourth-order valence-electron chi connectivity index (χ4n) is 1.73. The van der Waals surface area contributed by atoms with E-state index in [1.54, 1.807) is 12.1 Å². The monoisotopic (exact) mass is 344 g/mol. The van der Waals surface area contributed by atoms with E-state index in [1.807, 2.05) is 12.1 Å². The highest BCUT2D eigenvalue weighted by Crippen LogP contribution is 2.08. The lowest BCUT2D eigenvalue weighted by molar-refractivity contribution is -0.122. The lowest BCUT2D eigenvalue weighted by Gasteiger charge is -2.23. The summed E-state index contributed by atoms with van der Waals surface area (Å²) in [6, 6.07) is 7.45. The molecule has 1 heterocycles. The number of rotatable bonds is 2. The normalized spacial score (nSPS) is 19.6. The molecule has 0 aromatic heterocycles. The van der Waals surface area contributed by atoms with Gasteiger partial charge in [-0.2, -0.15) is 0 Å². The fraction of sp³-hybridized carbons (Fsp3) is 0.333. The van der Waals surface area contributed by atoms with E-state index in [4.69, 9.17) is 0 Å². The van der Waals surface area contributed by atoms with Gasteiger partial charge in [0.25, 0.3) is 5.91 Å². The maximum atomic E-state index is 11.9. The Labute approximate surface area is 113 Å². The van der Waals surface area contributed by atoms with Gasteiger partial charge in [0.1, 0.15) is 0 Å². The minimum absolute atomic E-state index is 0.0412. The summed E-state index contributed by atoms with van der Waals surface area (Å²) in [7, 11) is 0. The van der Waals surface area contributed by atoms with Gasteiger partial charge in [-0.3, -0.25) is 9.59 Å². The second-order valence-electron chi connectivity index (χ2n) is 4.02. The molecule has 2 amide bonds. The third kappa shape index (κ3) is 3.42. The van der Waals surface area contributed by atoms with Crippen molar-refractivity contribution in [3.8, 4) is 0 Å². The zero-order valence-electron chi connectivity index (χ0n) is 9.20. The van der Waals surface area contributed by atoms with Gasteiger partial charge in [0.05, 0.1) is 0 Å². The van der Waals surface area contributed by atoms with E-state index in [0.29, 0.717) is 24.9 Å². The van der Waals surface area contributed by atoms with E-state index in [1.165, 1.54) is 0 Å². The molecule has 1 saturated heterocycles. The molecular formula is C12H13IN2O2. The first-order valence-electron chi connectivity index (χ1n) is 5.48. The van der Waals surface area contributed by atoms with E-state index in [0.717, 1.165) is 3.57 Å². The van der Waals surface area contributed by atoms with Crippen molar-refractivity contribution < 1.29 is 9.59 Å². The Kier molecular flexibility index (Phi) is 3.98. The first-order valence-corrected chi connectivity index (χ1v) is 6.56. The van der Waals surface area contributed by atoms with Gasteiger partial charge in [-0.25, -0.2) is 0 Å². The largest absolute Gasteiger partial charge is 0.354 e. The third-order valence-corrected chi connectivity index (χ3v) is 3.43. The maximum absolute atomic E-state index is 11.9. The topological polar surface area (TPSA) is 58.2 Å². The molecule has 2 rings (SSSR count). The quantitative estimate of drug-likeness (QED) is 0.795. The zero-order valence-corrected chi connectivity index (χ0v) is 11.4. The Balaban J connectivity index is 1.93. The Morgan fingerprint density at radius 3 is 2.65 bits per heavy atom. The number of benzene rings is 1. The van der Waals surface area contributed by atoms with Crippen LogP contribution in [0, 0.1) is 3.57 Å². The molecular weight excluding hydrogens is 331 g/mol. The van der Waals surface area contributed by atoms with Gasteiger partial charge in [-0.1, -0.05) is 0 Å². The first-order chi connectivity index (χ1) is 8.15. The van der Waals surface area contributed by atoms with Gasteiger partial charge >= 0.3 is 0 Å². The summed E-state index contributed by atoms with van der Waals surface area (Å²) in [5.74, 6) is -0.0210. The van der Waals surface area contributed by atoms with Gasteiger partial charge in [-0.15, -0.1) is 0 Å². The molecule has 1 aromatic rings. The van der Waals surface area contributed by atoms with Crippen LogP contribution in [0.15, 0.2) is 24.3 Å². The molecule has 90 valence electrons. The Bertz CT molecular complexity index is 421. The van der Waals surface area contributed by atoms with Crippen LogP contribution in [0.1, 0.15) is 23.2 Å². The first kappa shape index (κ1) is 12.3. The molecule has 1 aliphatic rings. The van der Waals surface area contributed by atoms with Gasteiger partial charge in [0, 0.05) is 28.1 Å². The number of hydrogen-bond donors (Lipinski definition) is 2. The summed E-state index contributed by atoms with van der Waals surface area (Å²) in [5, 5.41) is 5.66. The molecule has 0 saturated carbocycles. The van der Waals surface area contributed by atoms with Crippen LogP contribution in [-0.4, -0.2) is 24.4 Å². The second kappa shape index (κ2) is 5.48. The minimum Gasteiger partial charge on any atom is -0.354 e. The van der Waals surface area contributed by atoms with Crippen LogP contribution in [0.4, 0.5) is 0 Å². The van der Waals surface area contributed by atoms with Crippen LogP contribution in [0.3, 0.4) is 0 Å². The molecule has 0 spiro atoms. The third-order valence-electron chi connectivity index (χ3n) is 2.71. The smallest absolute Gasteiger partial charge is 0.251 e. The number of carbonyl (C=O) groups excluding carboxylic acids is 2. The predicted molar refractivity (Wildman–Crippen MR) is 72.7 cm³/mol. The molecule has 0 bridgehead atoms. The van der Waals surface area contributed by atoms with Crippen molar-refractivity contribution in [3.05, 3.63) is 33.4 Å². The maximum Gasteiger partial charge on any atom is 0.251 e. The number of piperidine rings is 1. The lowest BCUT2D eigenvalue weighted by atomic mass is 10.1. The molecule has 1 aliphatic heterocycles. The highest BCUT2D eigenvalue weighted by molar-refractivity contribution is 14.1. The molecule has 1 fully saturated rings. The van der Waals surface area contributed by atoms with Gasteiger partial charge in [0.15, 0.2) is 0 Å². The van der Waals surface area contributed by atoms with Gasteiger partial charge in [0.2, 0.25) is 5.91 Å². The van der Waals surface area contributed by atoms with Crippen molar-refractivity contribution in [2.75, 3.05) is 6.54 Å². The van der Waals surface area contributed by atoms with Crippen LogP contribution >= 0.6 is 22.6 Å². The summed E-state index contributed by atoms with van der Waals surface area (Å²) in [4.78, 5) is 22.9. The SMILES string of the molecule is O=C1CCC(NC(=O)c2ccc(I)cc2)CN1. The molecule has 1 aromatic carbocycles. The summed E-state index contributed by atoms with van der Waals surface area (Å²) >= 11 is 2.20. The molecule has 0 radical (unpaired) electrons.